The molecule has 1 fully saturated rings. The quantitative estimate of drug-likeness (QED) is 0.557. The average molecular weight is 511 g/mol. The lowest BCUT2D eigenvalue weighted by molar-refractivity contribution is 0.0639. The molecule has 8 heteroatoms. The van der Waals surface area contributed by atoms with Gasteiger partial charge in [0.05, 0.1) is 12.6 Å². The standard InChI is InChI=1S/C20H21Br2N3O3/c21-13-1-3-18-16(9-13)17-10-14(22)2-4-19(17)25(18)12-15(26)11-23-5-7-24(8-6-23)20(27)28/h1-4,9-10,15,26H,5-8,11-12H2,(H,27,28)/t15-/m1/s1. The normalized spacial score (nSPS) is 16.8. The van der Waals surface area contributed by atoms with E-state index in [0.717, 1.165) is 30.8 Å². The van der Waals surface area contributed by atoms with Gasteiger partial charge in [-0.3, -0.25) is 4.90 Å². The first kappa shape index (κ1) is 19.7. The van der Waals surface area contributed by atoms with E-state index in [-0.39, 0.29) is 0 Å². The molecular formula is C20H21Br2N3O3. The van der Waals surface area contributed by atoms with Crippen LogP contribution in [0.2, 0.25) is 0 Å². The van der Waals surface area contributed by atoms with Crippen molar-refractivity contribution in [3.8, 4) is 0 Å². The number of carbonyl (C=O) groups is 1. The van der Waals surface area contributed by atoms with Gasteiger partial charge in [0, 0.05) is 63.5 Å². The maximum atomic E-state index is 11.0. The molecular weight excluding hydrogens is 490 g/mol. The van der Waals surface area contributed by atoms with Gasteiger partial charge in [-0.05, 0) is 36.4 Å². The van der Waals surface area contributed by atoms with Crippen LogP contribution in [0.1, 0.15) is 0 Å². The fraction of sp³-hybridized carbons (Fsp3) is 0.350. The van der Waals surface area contributed by atoms with Gasteiger partial charge in [-0.1, -0.05) is 31.9 Å². The lowest BCUT2D eigenvalue weighted by atomic mass is 10.2. The predicted octanol–water partition coefficient (Wildman–Crippen LogP) is 3.98. The molecule has 0 spiro atoms. The van der Waals surface area contributed by atoms with Crippen molar-refractivity contribution < 1.29 is 15.0 Å². The van der Waals surface area contributed by atoms with Gasteiger partial charge < -0.3 is 19.7 Å². The molecule has 3 aromatic rings. The number of benzene rings is 2. The van der Waals surface area contributed by atoms with Crippen LogP contribution in [0, 0.1) is 0 Å². The molecule has 0 radical (unpaired) electrons. The summed E-state index contributed by atoms with van der Waals surface area (Å²) in [5.41, 5.74) is 2.18. The Bertz CT molecular complexity index is 969. The molecule has 1 amide bonds. The SMILES string of the molecule is O=C(O)N1CCN(C[C@@H](O)Cn2c3ccc(Br)cc3c3cc(Br)ccc32)CC1. The van der Waals surface area contributed by atoms with Crippen molar-refractivity contribution in [1.29, 1.82) is 0 Å². The first-order valence-electron chi connectivity index (χ1n) is 9.17. The second kappa shape index (κ2) is 8.02. The molecule has 1 aromatic heterocycles. The molecule has 1 aliphatic heterocycles. The Balaban J connectivity index is 1.56. The fourth-order valence-corrected chi connectivity index (χ4v) is 4.66. The molecule has 1 aliphatic rings. The van der Waals surface area contributed by atoms with E-state index < -0.39 is 12.2 Å². The molecule has 0 unspecified atom stereocenters. The van der Waals surface area contributed by atoms with Crippen molar-refractivity contribution in [2.45, 2.75) is 12.6 Å². The Morgan fingerprint density at radius 2 is 1.46 bits per heavy atom. The fourth-order valence-electron chi connectivity index (χ4n) is 3.93. The highest BCUT2D eigenvalue weighted by Gasteiger charge is 2.23. The van der Waals surface area contributed by atoms with Crippen molar-refractivity contribution in [2.75, 3.05) is 32.7 Å². The van der Waals surface area contributed by atoms with Crippen molar-refractivity contribution in [1.82, 2.24) is 14.4 Å². The number of piperazine rings is 1. The highest BCUT2D eigenvalue weighted by atomic mass is 79.9. The van der Waals surface area contributed by atoms with E-state index in [1.165, 1.54) is 4.90 Å². The third kappa shape index (κ3) is 3.91. The van der Waals surface area contributed by atoms with Crippen LogP contribution in [0.25, 0.3) is 21.8 Å². The first-order chi connectivity index (χ1) is 13.4. The number of hydrogen-bond donors (Lipinski definition) is 2. The minimum Gasteiger partial charge on any atom is -0.465 e. The topological polar surface area (TPSA) is 68.9 Å². The van der Waals surface area contributed by atoms with Crippen molar-refractivity contribution in [2.24, 2.45) is 0 Å². The number of hydrogen-bond acceptors (Lipinski definition) is 3. The third-order valence-electron chi connectivity index (χ3n) is 5.29. The molecule has 6 nitrogen and oxygen atoms in total. The van der Waals surface area contributed by atoms with Gasteiger partial charge in [0.1, 0.15) is 0 Å². The van der Waals surface area contributed by atoms with Crippen molar-refractivity contribution in [3.63, 3.8) is 0 Å². The van der Waals surface area contributed by atoms with Gasteiger partial charge in [0.15, 0.2) is 0 Å². The zero-order valence-corrected chi connectivity index (χ0v) is 18.4. The lowest BCUT2D eigenvalue weighted by Gasteiger charge is -2.34. The molecule has 0 saturated carbocycles. The minimum absolute atomic E-state index is 0.486. The van der Waals surface area contributed by atoms with Crippen LogP contribution in [0.15, 0.2) is 45.3 Å². The van der Waals surface area contributed by atoms with E-state index in [0.29, 0.717) is 39.3 Å². The maximum Gasteiger partial charge on any atom is 0.407 e. The number of nitrogens with zero attached hydrogens (tertiary/aromatic N) is 3. The Morgan fingerprint density at radius 1 is 0.929 bits per heavy atom. The third-order valence-corrected chi connectivity index (χ3v) is 6.28. The Kier molecular flexibility index (Phi) is 5.64. The monoisotopic (exact) mass is 509 g/mol. The second-order valence-electron chi connectivity index (χ2n) is 7.16. The number of aliphatic hydroxyl groups is 1. The van der Waals surface area contributed by atoms with E-state index in [1.807, 2.05) is 12.1 Å². The maximum absolute atomic E-state index is 11.0. The molecule has 0 bridgehead atoms. The number of rotatable bonds is 4. The number of aliphatic hydroxyl groups excluding tert-OH is 1. The summed E-state index contributed by atoms with van der Waals surface area (Å²) >= 11 is 7.11. The van der Waals surface area contributed by atoms with Crippen LogP contribution in [0.5, 0.6) is 0 Å². The average Bonchev–Trinajstić information content (AvgIpc) is 2.94. The molecule has 1 saturated heterocycles. The van der Waals surface area contributed by atoms with Gasteiger partial charge >= 0.3 is 6.09 Å². The van der Waals surface area contributed by atoms with E-state index in [2.05, 4.69) is 65.6 Å². The van der Waals surface area contributed by atoms with E-state index >= 15 is 0 Å². The molecule has 148 valence electrons. The number of amides is 1. The molecule has 28 heavy (non-hydrogen) atoms. The van der Waals surface area contributed by atoms with E-state index in [9.17, 15) is 9.90 Å². The van der Waals surface area contributed by atoms with Gasteiger partial charge in [-0.25, -0.2) is 4.79 Å². The Morgan fingerprint density at radius 3 is 1.96 bits per heavy atom. The van der Waals surface area contributed by atoms with Crippen LogP contribution in [-0.4, -0.2) is 69.5 Å². The smallest absolute Gasteiger partial charge is 0.407 e. The highest BCUT2D eigenvalue weighted by Crippen LogP contribution is 2.33. The van der Waals surface area contributed by atoms with Gasteiger partial charge in [-0.2, -0.15) is 0 Å². The summed E-state index contributed by atoms with van der Waals surface area (Å²) in [7, 11) is 0. The lowest BCUT2D eigenvalue weighted by Crippen LogP contribution is -2.50. The summed E-state index contributed by atoms with van der Waals surface area (Å²) in [5.74, 6) is 0. The minimum atomic E-state index is -0.872. The summed E-state index contributed by atoms with van der Waals surface area (Å²) in [6.07, 6.45) is -1.41. The number of halogens is 2. The molecule has 2 heterocycles. The Labute approximate surface area is 179 Å². The first-order valence-corrected chi connectivity index (χ1v) is 10.8. The van der Waals surface area contributed by atoms with Gasteiger partial charge in [-0.15, -0.1) is 0 Å². The van der Waals surface area contributed by atoms with Gasteiger partial charge in [0.25, 0.3) is 0 Å². The number of aromatic nitrogens is 1. The largest absolute Gasteiger partial charge is 0.465 e. The van der Waals surface area contributed by atoms with Gasteiger partial charge in [0.2, 0.25) is 0 Å². The van der Waals surface area contributed by atoms with Crippen LogP contribution < -0.4 is 0 Å². The molecule has 0 aliphatic carbocycles. The summed E-state index contributed by atoms with van der Waals surface area (Å²) < 4.78 is 4.22. The highest BCUT2D eigenvalue weighted by molar-refractivity contribution is 9.10. The zero-order chi connectivity index (χ0) is 19.8. The summed E-state index contributed by atoms with van der Waals surface area (Å²) in [4.78, 5) is 14.6. The van der Waals surface area contributed by atoms with E-state index in [1.54, 1.807) is 0 Å². The van der Waals surface area contributed by atoms with Crippen LogP contribution in [0.4, 0.5) is 4.79 Å². The molecule has 2 N–H and O–H groups in total. The van der Waals surface area contributed by atoms with E-state index in [4.69, 9.17) is 5.11 Å². The summed E-state index contributed by atoms with van der Waals surface area (Å²) in [6, 6.07) is 12.4. The predicted molar refractivity (Wildman–Crippen MR) is 117 cm³/mol. The van der Waals surface area contributed by atoms with Crippen LogP contribution in [-0.2, 0) is 6.54 Å². The zero-order valence-electron chi connectivity index (χ0n) is 15.2. The van der Waals surface area contributed by atoms with Crippen LogP contribution in [0.3, 0.4) is 0 Å². The van der Waals surface area contributed by atoms with Crippen molar-refractivity contribution >= 4 is 59.8 Å². The molecule has 4 rings (SSSR count). The number of fused-ring (bicyclic) bond motifs is 3. The number of β-amino-alcohol motifs (C(OH)–C–C–N with tert-alkyl or cyclic N) is 1. The Hall–Kier alpha value is -1.61. The summed E-state index contributed by atoms with van der Waals surface area (Å²) in [5, 5.41) is 22.1. The van der Waals surface area contributed by atoms with Crippen LogP contribution >= 0.6 is 31.9 Å². The van der Waals surface area contributed by atoms with Crippen molar-refractivity contribution in [3.05, 3.63) is 45.3 Å². The summed E-state index contributed by atoms with van der Waals surface area (Å²) in [6.45, 7) is 3.29. The molecule has 2 aromatic carbocycles. The second-order valence-corrected chi connectivity index (χ2v) is 8.99. The molecule has 1 atom stereocenters. The number of carboxylic acid groups (broad SMARTS) is 1.